The van der Waals surface area contributed by atoms with Crippen molar-refractivity contribution in [1.82, 2.24) is 15.1 Å². The lowest BCUT2D eigenvalue weighted by molar-refractivity contribution is 0.185. The van der Waals surface area contributed by atoms with Crippen molar-refractivity contribution in [3.63, 3.8) is 0 Å². The molecule has 1 N–H and O–H groups in total. The average molecular weight is 311 g/mol. The van der Waals surface area contributed by atoms with E-state index < -0.39 is 0 Å². The van der Waals surface area contributed by atoms with Gasteiger partial charge >= 0.3 is 0 Å². The van der Waals surface area contributed by atoms with Gasteiger partial charge in [0.05, 0.1) is 6.61 Å². The molecule has 5 nitrogen and oxygen atoms in total. The van der Waals surface area contributed by atoms with Crippen LogP contribution in [0.15, 0.2) is 40.9 Å². The number of hydrogen-bond donors (Lipinski definition) is 1. The Morgan fingerprint density at radius 1 is 1.35 bits per heavy atom. The molecule has 0 spiro atoms. The van der Waals surface area contributed by atoms with E-state index in [4.69, 9.17) is 9.15 Å². The predicted octanol–water partition coefficient (Wildman–Crippen LogP) is 2.96. The second-order valence-electron chi connectivity index (χ2n) is 6.19. The normalized spacial score (nSPS) is 18.0. The topological polar surface area (TPSA) is 52.2 Å². The van der Waals surface area contributed by atoms with Crippen molar-refractivity contribution >= 4 is 11.0 Å². The standard InChI is InChI=1S/C18H21N3O2/c1-21-11-15(10-19-9-13-6-7-22-12-13)18(20-21)17-8-14-4-2-3-5-16(14)23-17/h2-5,8,11,13,19H,6-7,9-10,12H2,1H3. The first-order valence-electron chi connectivity index (χ1n) is 8.09. The van der Waals surface area contributed by atoms with Gasteiger partial charge in [-0.1, -0.05) is 18.2 Å². The zero-order valence-electron chi connectivity index (χ0n) is 13.3. The Labute approximate surface area is 135 Å². The van der Waals surface area contributed by atoms with Crippen LogP contribution in [-0.4, -0.2) is 29.5 Å². The number of aromatic nitrogens is 2. The Morgan fingerprint density at radius 3 is 3.09 bits per heavy atom. The highest BCUT2D eigenvalue weighted by molar-refractivity contribution is 5.82. The minimum absolute atomic E-state index is 0.626. The molecular weight excluding hydrogens is 290 g/mol. The monoisotopic (exact) mass is 311 g/mol. The molecule has 1 saturated heterocycles. The number of benzene rings is 1. The minimum Gasteiger partial charge on any atom is -0.454 e. The van der Waals surface area contributed by atoms with Gasteiger partial charge in [0.1, 0.15) is 11.3 Å². The minimum atomic E-state index is 0.626. The van der Waals surface area contributed by atoms with E-state index in [1.807, 2.05) is 29.9 Å². The van der Waals surface area contributed by atoms with E-state index in [0.717, 1.165) is 60.7 Å². The highest BCUT2D eigenvalue weighted by Gasteiger charge is 2.17. The van der Waals surface area contributed by atoms with Crippen LogP contribution in [0, 0.1) is 5.92 Å². The van der Waals surface area contributed by atoms with Crippen molar-refractivity contribution in [2.75, 3.05) is 19.8 Å². The Balaban J connectivity index is 1.53. The Hall–Kier alpha value is -2.11. The number of nitrogens with zero attached hydrogens (tertiary/aromatic N) is 2. The van der Waals surface area contributed by atoms with Crippen LogP contribution in [-0.2, 0) is 18.3 Å². The van der Waals surface area contributed by atoms with Gasteiger partial charge in [0, 0.05) is 43.9 Å². The van der Waals surface area contributed by atoms with Crippen LogP contribution in [0.1, 0.15) is 12.0 Å². The summed E-state index contributed by atoms with van der Waals surface area (Å²) in [6.45, 7) is 3.53. The van der Waals surface area contributed by atoms with E-state index >= 15 is 0 Å². The number of fused-ring (bicyclic) bond motifs is 1. The Morgan fingerprint density at radius 2 is 2.26 bits per heavy atom. The summed E-state index contributed by atoms with van der Waals surface area (Å²) in [5, 5.41) is 9.22. The molecule has 1 fully saturated rings. The van der Waals surface area contributed by atoms with Gasteiger partial charge in [-0.2, -0.15) is 5.10 Å². The molecule has 1 aromatic carbocycles. The van der Waals surface area contributed by atoms with Crippen molar-refractivity contribution in [3.05, 3.63) is 42.1 Å². The highest BCUT2D eigenvalue weighted by atomic mass is 16.5. The van der Waals surface area contributed by atoms with E-state index in [-0.39, 0.29) is 0 Å². The number of nitrogens with one attached hydrogen (secondary N) is 1. The van der Waals surface area contributed by atoms with Gasteiger partial charge in [-0.05, 0) is 24.5 Å². The van der Waals surface area contributed by atoms with Crippen molar-refractivity contribution in [3.8, 4) is 11.5 Å². The zero-order valence-corrected chi connectivity index (χ0v) is 13.3. The van der Waals surface area contributed by atoms with E-state index in [1.165, 1.54) is 0 Å². The molecule has 0 aliphatic carbocycles. The van der Waals surface area contributed by atoms with Crippen molar-refractivity contribution in [1.29, 1.82) is 0 Å². The van der Waals surface area contributed by atoms with Gasteiger partial charge in [0.2, 0.25) is 0 Å². The summed E-state index contributed by atoms with van der Waals surface area (Å²) in [4.78, 5) is 0. The molecule has 0 bridgehead atoms. The molecule has 0 radical (unpaired) electrons. The number of hydrogen-bond acceptors (Lipinski definition) is 4. The summed E-state index contributed by atoms with van der Waals surface area (Å²) in [6, 6.07) is 10.1. The number of rotatable bonds is 5. The smallest absolute Gasteiger partial charge is 0.156 e. The molecule has 1 unspecified atom stereocenters. The van der Waals surface area contributed by atoms with E-state index in [2.05, 4.69) is 28.7 Å². The maximum atomic E-state index is 5.96. The van der Waals surface area contributed by atoms with Gasteiger partial charge in [-0.3, -0.25) is 4.68 Å². The van der Waals surface area contributed by atoms with Crippen LogP contribution in [0.25, 0.3) is 22.4 Å². The molecule has 1 aliphatic heterocycles. The van der Waals surface area contributed by atoms with Crippen molar-refractivity contribution in [2.24, 2.45) is 13.0 Å². The SMILES string of the molecule is Cn1cc(CNCC2CCOC2)c(-c2cc3ccccc3o2)n1. The van der Waals surface area contributed by atoms with Crippen molar-refractivity contribution in [2.45, 2.75) is 13.0 Å². The lowest BCUT2D eigenvalue weighted by atomic mass is 10.1. The first-order chi connectivity index (χ1) is 11.3. The maximum absolute atomic E-state index is 5.96. The Bertz CT molecular complexity index is 767. The summed E-state index contributed by atoms with van der Waals surface area (Å²) in [6.07, 6.45) is 3.21. The molecule has 3 aromatic rings. The summed E-state index contributed by atoms with van der Waals surface area (Å²) < 4.78 is 13.2. The zero-order chi connectivity index (χ0) is 15.6. The van der Waals surface area contributed by atoms with Crippen LogP contribution in [0.3, 0.4) is 0 Å². The molecule has 0 amide bonds. The number of para-hydroxylation sites is 1. The average Bonchev–Trinajstić information content (AvgIpc) is 3.26. The quantitative estimate of drug-likeness (QED) is 0.787. The number of ether oxygens (including phenoxy) is 1. The largest absolute Gasteiger partial charge is 0.454 e. The van der Waals surface area contributed by atoms with Crippen LogP contribution in [0.5, 0.6) is 0 Å². The number of aryl methyl sites for hydroxylation is 1. The summed E-state index contributed by atoms with van der Waals surface area (Å²) in [7, 11) is 1.94. The molecular formula is C18H21N3O2. The van der Waals surface area contributed by atoms with Crippen molar-refractivity contribution < 1.29 is 9.15 Å². The number of furan rings is 1. The summed E-state index contributed by atoms with van der Waals surface area (Å²) >= 11 is 0. The molecule has 4 rings (SSSR count). The van der Waals surface area contributed by atoms with Gasteiger partial charge in [-0.25, -0.2) is 0 Å². The molecule has 0 saturated carbocycles. The van der Waals surface area contributed by atoms with E-state index in [0.29, 0.717) is 5.92 Å². The van der Waals surface area contributed by atoms with Crippen LogP contribution in [0.2, 0.25) is 0 Å². The lowest BCUT2D eigenvalue weighted by Gasteiger charge is -2.08. The fourth-order valence-corrected chi connectivity index (χ4v) is 3.13. The molecule has 1 atom stereocenters. The fourth-order valence-electron chi connectivity index (χ4n) is 3.13. The second-order valence-corrected chi connectivity index (χ2v) is 6.19. The summed E-state index contributed by atoms with van der Waals surface area (Å²) in [5.41, 5.74) is 2.97. The maximum Gasteiger partial charge on any atom is 0.156 e. The molecule has 3 heterocycles. The molecule has 2 aromatic heterocycles. The lowest BCUT2D eigenvalue weighted by Crippen LogP contribution is -2.22. The molecule has 5 heteroatoms. The molecule has 120 valence electrons. The molecule has 23 heavy (non-hydrogen) atoms. The first kappa shape index (κ1) is 14.5. The fraction of sp³-hybridized carbons (Fsp3) is 0.389. The van der Waals surface area contributed by atoms with Gasteiger partial charge < -0.3 is 14.5 Å². The third-order valence-electron chi connectivity index (χ3n) is 4.34. The van der Waals surface area contributed by atoms with Crippen LogP contribution in [0.4, 0.5) is 0 Å². The second kappa shape index (κ2) is 6.18. The molecule has 1 aliphatic rings. The van der Waals surface area contributed by atoms with Crippen LogP contribution >= 0.6 is 0 Å². The Kier molecular flexibility index (Phi) is 3.89. The third kappa shape index (κ3) is 3.02. The van der Waals surface area contributed by atoms with E-state index in [9.17, 15) is 0 Å². The third-order valence-corrected chi connectivity index (χ3v) is 4.34. The predicted molar refractivity (Wildman–Crippen MR) is 89.0 cm³/mol. The first-order valence-corrected chi connectivity index (χ1v) is 8.09. The van der Waals surface area contributed by atoms with E-state index in [1.54, 1.807) is 0 Å². The van der Waals surface area contributed by atoms with Gasteiger partial charge in [0.25, 0.3) is 0 Å². The van der Waals surface area contributed by atoms with Crippen LogP contribution < -0.4 is 5.32 Å². The van der Waals surface area contributed by atoms with Gasteiger partial charge in [-0.15, -0.1) is 0 Å². The van der Waals surface area contributed by atoms with Gasteiger partial charge in [0.15, 0.2) is 5.76 Å². The summed E-state index contributed by atoms with van der Waals surface area (Å²) in [5.74, 6) is 1.45. The highest BCUT2D eigenvalue weighted by Crippen LogP contribution is 2.29.